The van der Waals surface area contributed by atoms with Crippen LogP contribution in [0.3, 0.4) is 0 Å². The minimum absolute atomic E-state index is 0.0888. The highest BCUT2D eigenvalue weighted by atomic mass is 35.5. The Labute approximate surface area is 171 Å². The van der Waals surface area contributed by atoms with Gasteiger partial charge in [-0.05, 0) is 73.7 Å². The van der Waals surface area contributed by atoms with Gasteiger partial charge in [0.15, 0.2) is 0 Å². The first kappa shape index (κ1) is 19.4. The number of benzene rings is 2. The van der Waals surface area contributed by atoms with E-state index in [2.05, 4.69) is 10.2 Å². The molecule has 1 N–H and O–H groups in total. The van der Waals surface area contributed by atoms with Crippen molar-refractivity contribution in [2.24, 2.45) is 11.8 Å². The second-order valence-electron chi connectivity index (χ2n) is 7.88. The molecule has 2 aliphatic heterocycles. The summed E-state index contributed by atoms with van der Waals surface area (Å²) in [6, 6.07) is 15.7. The van der Waals surface area contributed by atoms with Gasteiger partial charge in [0, 0.05) is 29.8 Å². The van der Waals surface area contributed by atoms with E-state index in [9.17, 15) is 4.79 Å². The largest absolute Gasteiger partial charge is 0.381 e. The first-order chi connectivity index (χ1) is 13.7. The van der Waals surface area contributed by atoms with Crippen LogP contribution in [0, 0.1) is 11.8 Å². The molecule has 28 heavy (non-hydrogen) atoms. The van der Waals surface area contributed by atoms with Crippen LogP contribution in [0.25, 0.3) is 11.1 Å². The van der Waals surface area contributed by atoms with Crippen molar-refractivity contribution >= 4 is 23.2 Å². The van der Waals surface area contributed by atoms with Crippen molar-refractivity contribution in [2.45, 2.75) is 19.3 Å². The van der Waals surface area contributed by atoms with E-state index in [1.165, 1.54) is 6.42 Å². The number of carbonyl (C=O) groups is 1. The third-order valence-corrected chi connectivity index (χ3v) is 6.02. The summed E-state index contributed by atoms with van der Waals surface area (Å²) in [5.74, 6) is 0.887. The number of rotatable bonds is 5. The molecule has 1 atom stereocenters. The lowest BCUT2D eigenvalue weighted by Gasteiger charge is -2.32. The zero-order chi connectivity index (χ0) is 19.3. The number of hydrogen-bond acceptors (Lipinski definition) is 3. The van der Waals surface area contributed by atoms with Crippen LogP contribution in [0.4, 0.5) is 5.69 Å². The Kier molecular flexibility index (Phi) is 6.30. The summed E-state index contributed by atoms with van der Waals surface area (Å²) in [6.07, 6.45) is 3.02. The van der Waals surface area contributed by atoms with E-state index in [0.717, 1.165) is 62.5 Å². The van der Waals surface area contributed by atoms with Gasteiger partial charge in [-0.3, -0.25) is 4.79 Å². The van der Waals surface area contributed by atoms with E-state index in [1.54, 1.807) is 0 Å². The summed E-state index contributed by atoms with van der Waals surface area (Å²) in [5.41, 5.74) is 2.94. The van der Waals surface area contributed by atoms with Crippen molar-refractivity contribution in [2.75, 3.05) is 38.2 Å². The molecule has 0 saturated carbocycles. The van der Waals surface area contributed by atoms with E-state index in [-0.39, 0.29) is 11.8 Å². The first-order valence-corrected chi connectivity index (χ1v) is 10.5. The Morgan fingerprint density at radius 1 is 1.07 bits per heavy atom. The minimum atomic E-state index is 0.0888. The van der Waals surface area contributed by atoms with Crippen LogP contribution >= 0.6 is 11.6 Å². The van der Waals surface area contributed by atoms with Crippen LogP contribution in [0.1, 0.15) is 19.3 Å². The second kappa shape index (κ2) is 9.08. The van der Waals surface area contributed by atoms with Gasteiger partial charge in [-0.25, -0.2) is 0 Å². The number of anilines is 1. The molecular weight excluding hydrogens is 372 g/mol. The van der Waals surface area contributed by atoms with Crippen LogP contribution in [0.5, 0.6) is 0 Å². The van der Waals surface area contributed by atoms with Crippen LogP contribution in [-0.2, 0) is 9.53 Å². The number of hydrogen-bond donors (Lipinski definition) is 1. The van der Waals surface area contributed by atoms with Gasteiger partial charge in [0.25, 0.3) is 0 Å². The Morgan fingerprint density at radius 2 is 1.82 bits per heavy atom. The van der Waals surface area contributed by atoms with E-state index < -0.39 is 0 Å². The van der Waals surface area contributed by atoms with Crippen molar-refractivity contribution in [1.29, 1.82) is 0 Å². The molecule has 5 heteroatoms. The SMILES string of the molecule is O=C(Nc1cccc(-c2cccc(Cl)c2)c1)C1CCN(CC2CCOC2)CC1. The van der Waals surface area contributed by atoms with Gasteiger partial charge >= 0.3 is 0 Å². The molecule has 0 aromatic heterocycles. The van der Waals surface area contributed by atoms with Gasteiger partial charge in [-0.1, -0.05) is 35.9 Å². The number of nitrogens with zero attached hydrogens (tertiary/aromatic N) is 1. The van der Waals surface area contributed by atoms with Crippen LogP contribution < -0.4 is 5.32 Å². The van der Waals surface area contributed by atoms with Gasteiger partial charge in [0.2, 0.25) is 5.91 Å². The molecule has 0 radical (unpaired) electrons. The zero-order valence-electron chi connectivity index (χ0n) is 16.1. The molecule has 2 saturated heterocycles. The zero-order valence-corrected chi connectivity index (χ0v) is 16.8. The quantitative estimate of drug-likeness (QED) is 0.794. The normalized spacial score (nSPS) is 21.0. The number of amides is 1. The summed E-state index contributed by atoms with van der Waals surface area (Å²) < 4.78 is 5.47. The molecule has 0 spiro atoms. The fourth-order valence-electron chi connectivity index (χ4n) is 4.16. The van der Waals surface area contributed by atoms with E-state index in [0.29, 0.717) is 10.9 Å². The highest BCUT2D eigenvalue weighted by Crippen LogP contribution is 2.26. The molecule has 4 nitrogen and oxygen atoms in total. The summed E-state index contributed by atoms with van der Waals surface area (Å²) in [6.45, 7) is 4.89. The Bertz CT molecular complexity index is 812. The van der Waals surface area contributed by atoms with Crippen LogP contribution in [-0.4, -0.2) is 43.7 Å². The molecule has 0 bridgehead atoms. The van der Waals surface area contributed by atoms with Crippen molar-refractivity contribution < 1.29 is 9.53 Å². The summed E-state index contributed by atoms with van der Waals surface area (Å²) in [5, 5.41) is 3.82. The molecule has 2 aromatic carbocycles. The third kappa shape index (κ3) is 4.93. The molecule has 1 unspecified atom stereocenters. The lowest BCUT2D eigenvalue weighted by atomic mass is 9.94. The predicted molar refractivity (Wildman–Crippen MR) is 114 cm³/mol. The molecular formula is C23H27ClN2O2. The maximum Gasteiger partial charge on any atom is 0.227 e. The lowest BCUT2D eigenvalue weighted by Crippen LogP contribution is -2.40. The van der Waals surface area contributed by atoms with Gasteiger partial charge in [0.1, 0.15) is 0 Å². The highest BCUT2D eigenvalue weighted by Gasteiger charge is 2.27. The Morgan fingerprint density at radius 3 is 2.54 bits per heavy atom. The Hall–Kier alpha value is -1.88. The van der Waals surface area contributed by atoms with Crippen molar-refractivity contribution in [3.63, 3.8) is 0 Å². The van der Waals surface area contributed by atoms with E-state index in [4.69, 9.17) is 16.3 Å². The number of carbonyl (C=O) groups excluding carboxylic acids is 1. The summed E-state index contributed by atoms with van der Waals surface area (Å²) in [4.78, 5) is 15.2. The van der Waals surface area contributed by atoms with Crippen LogP contribution in [0.2, 0.25) is 5.02 Å². The monoisotopic (exact) mass is 398 g/mol. The number of piperidine rings is 1. The molecule has 2 heterocycles. The number of nitrogens with one attached hydrogen (secondary N) is 1. The van der Waals surface area contributed by atoms with Crippen molar-refractivity contribution in [1.82, 2.24) is 4.90 Å². The van der Waals surface area contributed by atoms with Crippen molar-refractivity contribution in [3.05, 3.63) is 53.6 Å². The third-order valence-electron chi connectivity index (χ3n) is 5.79. The maximum atomic E-state index is 12.7. The molecule has 2 aliphatic rings. The van der Waals surface area contributed by atoms with Crippen LogP contribution in [0.15, 0.2) is 48.5 Å². The second-order valence-corrected chi connectivity index (χ2v) is 8.32. The first-order valence-electron chi connectivity index (χ1n) is 10.1. The smallest absolute Gasteiger partial charge is 0.227 e. The topological polar surface area (TPSA) is 41.6 Å². The lowest BCUT2D eigenvalue weighted by molar-refractivity contribution is -0.121. The maximum absolute atomic E-state index is 12.7. The van der Waals surface area contributed by atoms with Gasteiger partial charge in [-0.15, -0.1) is 0 Å². The fraction of sp³-hybridized carbons (Fsp3) is 0.435. The average Bonchev–Trinajstić information content (AvgIpc) is 3.22. The standard InChI is InChI=1S/C23H27ClN2O2/c24-21-5-1-3-19(13-21)20-4-2-6-22(14-20)25-23(27)18-7-10-26(11-8-18)15-17-9-12-28-16-17/h1-6,13-14,17-18H,7-12,15-16H2,(H,25,27). The number of halogens is 1. The molecule has 148 valence electrons. The average molecular weight is 399 g/mol. The molecule has 2 aromatic rings. The molecule has 1 amide bonds. The van der Waals surface area contributed by atoms with Gasteiger partial charge < -0.3 is 15.0 Å². The van der Waals surface area contributed by atoms with Gasteiger partial charge in [0.05, 0.1) is 6.61 Å². The Balaban J connectivity index is 1.32. The van der Waals surface area contributed by atoms with Gasteiger partial charge in [-0.2, -0.15) is 0 Å². The highest BCUT2D eigenvalue weighted by molar-refractivity contribution is 6.30. The molecule has 4 rings (SSSR count). The number of likely N-dealkylation sites (tertiary alicyclic amines) is 1. The van der Waals surface area contributed by atoms with Crippen molar-refractivity contribution in [3.8, 4) is 11.1 Å². The van der Waals surface area contributed by atoms with E-state index in [1.807, 2.05) is 48.5 Å². The summed E-state index contributed by atoms with van der Waals surface area (Å²) in [7, 11) is 0. The molecule has 2 fully saturated rings. The molecule has 0 aliphatic carbocycles. The summed E-state index contributed by atoms with van der Waals surface area (Å²) >= 11 is 6.10. The predicted octanol–water partition coefficient (Wildman–Crippen LogP) is 4.69. The van der Waals surface area contributed by atoms with E-state index >= 15 is 0 Å². The fourth-order valence-corrected chi connectivity index (χ4v) is 4.35. The minimum Gasteiger partial charge on any atom is -0.381 e. The number of ether oxygens (including phenoxy) is 1.